The molecule has 5 nitrogen and oxygen atoms in total. The van der Waals surface area contributed by atoms with Crippen molar-refractivity contribution < 1.29 is 13.5 Å². The van der Waals surface area contributed by atoms with Crippen LogP contribution in [0.3, 0.4) is 0 Å². The third-order valence-corrected chi connectivity index (χ3v) is 6.02. The molecule has 0 unspecified atom stereocenters. The molecule has 0 atom stereocenters. The summed E-state index contributed by atoms with van der Waals surface area (Å²) in [5.74, 6) is 0. The Hall–Kier alpha value is -0.950. The summed E-state index contributed by atoms with van der Waals surface area (Å²) in [6, 6.07) is 7.20. The maximum absolute atomic E-state index is 12.7. The summed E-state index contributed by atoms with van der Waals surface area (Å²) in [6.07, 6.45) is 0. The van der Waals surface area contributed by atoms with Gasteiger partial charge in [-0.05, 0) is 23.1 Å². The minimum Gasteiger partial charge on any atom is -0.395 e. The first-order valence-corrected chi connectivity index (χ1v) is 9.13. The lowest BCUT2D eigenvalue weighted by molar-refractivity contribution is 0.151. The first-order valence-electron chi connectivity index (χ1n) is 7.69. The Bertz CT molecular complexity index is 583. The van der Waals surface area contributed by atoms with Crippen molar-refractivity contribution in [3.05, 3.63) is 29.8 Å². The zero-order chi connectivity index (χ0) is 16.4. The van der Waals surface area contributed by atoms with Gasteiger partial charge in [0, 0.05) is 32.7 Å². The number of benzene rings is 1. The number of nitrogens with zero attached hydrogens (tertiary/aromatic N) is 2. The van der Waals surface area contributed by atoms with Gasteiger partial charge in [-0.1, -0.05) is 32.9 Å². The van der Waals surface area contributed by atoms with E-state index in [9.17, 15) is 8.42 Å². The number of aliphatic hydroxyl groups excluding tert-OH is 1. The maximum atomic E-state index is 12.7. The molecule has 6 heteroatoms. The first kappa shape index (κ1) is 17.4. The topological polar surface area (TPSA) is 60.9 Å². The second kappa shape index (κ2) is 6.66. The van der Waals surface area contributed by atoms with Gasteiger partial charge >= 0.3 is 0 Å². The summed E-state index contributed by atoms with van der Waals surface area (Å²) in [7, 11) is -3.42. The molecule has 0 bridgehead atoms. The lowest BCUT2D eigenvalue weighted by atomic mass is 9.87. The Morgan fingerprint density at radius 2 is 1.59 bits per heavy atom. The quantitative estimate of drug-likeness (QED) is 0.905. The average molecular weight is 326 g/mol. The van der Waals surface area contributed by atoms with Gasteiger partial charge < -0.3 is 5.11 Å². The first-order chi connectivity index (χ1) is 10.2. The molecule has 1 N–H and O–H groups in total. The normalized spacial score (nSPS) is 18.5. The van der Waals surface area contributed by atoms with Gasteiger partial charge in [-0.15, -0.1) is 0 Å². The monoisotopic (exact) mass is 326 g/mol. The molecule has 1 saturated heterocycles. The summed E-state index contributed by atoms with van der Waals surface area (Å²) >= 11 is 0. The molecule has 0 aliphatic carbocycles. The number of hydrogen-bond donors (Lipinski definition) is 1. The van der Waals surface area contributed by atoms with Crippen LogP contribution < -0.4 is 0 Å². The van der Waals surface area contributed by atoms with E-state index in [4.69, 9.17) is 5.11 Å². The van der Waals surface area contributed by atoms with Gasteiger partial charge in [0.05, 0.1) is 11.5 Å². The number of sulfonamides is 1. The molecular formula is C16H26N2O3S. The van der Waals surface area contributed by atoms with Crippen molar-refractivity contribution in [3.8, 4) is 0 Å². The molecular weight excluding hydrogens is 300 g/mol. The second-order valence-electron chi connectivity index (χ2n) is 6.74. The van der Waals surface area contributed by atoms with Crippen LogP contribution in [-0.2, 0) is 15.4 Å². The van der Waals surface area contributed by atoms with Crippen LogP contribution in [-0.4, -0.2) is 62.1 Å². The lowest BCUT2D eigenvalue weighted by Gasteiger charge is -2.33. The Kier molecular flexibility index (Phi) is 5.27. The SMILES string of the molecule is CC(C)(C)c1ccc(S(=O)(=O)N2CCN(CCO)CC2)cc1. The van der Waals surface area contributed by atoms with Crippen molar-refractivity contribution >= 4 is 10.0 Å². The molecule has 124 valence electrons. The van der Waals surface area contributed by atoms with Crippen molar-refractivity contribution in [2.75, 3.05) is 39.3 Å². The molecule has 1 fully saturated rings. The molecule has 1 aliphatic heterocycles. The third kappa shape index (κ3) is 3.87. The summed E-state index contributed by atoms with van der Waals surface area (Å²) in [4.78, 5) is 2.44. The highest BCUT2D eigenvalue weighted by molar-refractivity contribution is 7.89. The zero-order valence-corrected chi connectivity index (χ0v) is 14.4. The molecule has 0 radical (unpaired) electrons. The third-order valence-electron chi connectivity index (χ3n) is 4.11. The van der Waals surface area contributed by atoms with Crippen molar-refractivity contribution in [3.63, 3.8) is 0 Å². The summed E-state index contributed by atoms with van der Waals surface area (Å²) < 4.78 is 26.9. The number of hydrogen-bond acceptors (Lipinski definition) is 4. The van der Waals surface area contributed by atoms with Crippen LogP contribution in [0.1, 0.15) is 26.3 Å². The second-order valence-corrected chi connectivity index (χ2v) is 8.68. The van der Waals surface area contributed by atoms with E-state index in [0.717, 1.165) is 5.56 Å². The number of piperazine rings is 1. The van der Waals surface area contributed by atoms with E-state index in [1.165, 1.54) is 4.31 Å². The summed E-state index contributed by atoms with van der Waals surface area (Å²) in [6.45, 7) is 9.33. The van der Waals surface area contributed by atoms with E-state index in [1.807, 2.05) is 12.1 Å². The van der Waals surface area contributed by atoms with Gasteiger partial charge in [0.1, 0.15) is 0 Å². The lowest BCUT2D eigenvalue weighted by Crippen LogP contribution is -2.49. The Balaban J connectivity index is 2.11. The van der Waals surface area contributed by atoms with Crippen molar-refractivity contribution in [1.82, 2.24) is 9.21 Å². The highest BCUT2D eigenvalue weighted by Gasteiger charge is 2.28. The highest BCUT2D eigenvalue weighted by atomic mass is 32.2. The predicted molar refractivity (Wildman–Crippen MR) is 87.4 cm³/mol. The number of aliphatic hydroxyl groups is 1. The number of rotatable bonds is 4. The highest BCUT2D eigenvalue weighted by Crippen LogP contribution is 2.25. The molecule has 0 saturated carbocycles. The van der Waals surface area contributed by atoms with Crippen molar-refractivity contribution in [2.45, 2.75) is 31.1 Å². The molecule has 0 aromatic heterocycles. The van der Waals surface area contributed by atoms with Crippen LogP contribution >= 0.6 is 0 Å². The Morgan fingerprint density at radius 1 is 1.05 bits per heavy atom. The molecule has 1 heterocycles. The zero-order valence-electron chi connectivity index (χ0n) is 13.6. The van der Waals surface area contributed by atoms with Crippen molar-refractivity contribution in [1.29, 1.82) is 0 Å². The number of β-amino-alcohol motifs (C(OH)–C–C–N with tert-alkyl or cyclic N) is 1. The largest absolute Gasteiger partial charge is 0.395 e. The fourth-order valence-corrected chi connectivity index (χ4v) is 4.03. The molecule has 0 amide bonds. The minimum atomic E-state index is -3.42. The Labute approximate surface area is 133 Å². The fraction of sp³-hybridized carbons (Fsp3) is 0.625. The smallest absolute Gasteiger partial charge is 0.243 e. The van der Waals surface area contributed by atoms with Crippen LogP contribution in [0, 0.1) is 0 Å². The molecule has 2 rings (SSSR count). The van der Waals surface area contributed by atoms with Crippen molar-refractivity contribution in [2.24, 2.45) is 0 Å². The van der Waals surface area contributed by atoms with Crippen LogP contribution in [0.2, 0.25) is 0 Å². The van der Waals surface area contributed by atoms with Gasteiger partial charge in [-0.2, -0.15) is 4.31 Å². The maximum Gasteiger partial charge on any atom is 0.243 e. The fourth-order valence-electron chi connectivity index (χ4n) is 2.61. The van der Waals surface area contributed by atoms with E-state index in [-0.39, 0.29) is 12.0 Å². The van der Waals surface area contributed by atoms with Gasteiger partial charge in [-0.3, -0.25) is 4.90 Å². The van der Waals surface area contributed by atoms with E-state index in [0.29, 0.717) is 37.6 Å². The minimum absolute atomic E-state index is 0.0121. The van der Waals surface area contributed by atoms with Gasteiger partial charge in [0.15, 0.2) is 0 Å². The van der Waals surface area contributed by atoms with E-state index in [1.54, 1.807) is 12.1 Å². The molecule has 22 heavy (non-hydrogen) atoms. The van der Waals surface area contributed by atoms with Gasteiger partial charge in [0.2, 0.25) is 10.0 Å². The van der Waals surface area contributed by atoms with E-state index in [2.05, 4.69) is 25.7 Å². The Morgan fingerprint density at radius 3 is 2.05 bits per heavy atom. The summed E-state index contributed by atoms with van der Waals surface area (Å²) in [5, 5.41) is 8.94. The molecule has 1 aromatic carbocycles. The standard InChI is InChI=1S/C16H26N2O3S/c1-16(2,3)14-4-6-15(7-5-14)22(20,21)18-10-8-17(9-11-18)12-13-19/h4-7,19H,8-13H2,1-3H3. The van der Waals surface area contributed by atoms with Crippen LogP contribution in [0.25, 0.3) is 0 Å². The van der Waals surface area contributed by atoms with Crippen LogP contribution in [0.4, 0.5) is 0 Å². The van der Waals surface area contributed by atoms with Gasteiger partial charge in [0.25, 0.3) is 0 Å². The van der Waals surface area contributed by atoms with Crippen LogP contribution in [0.15, 0.2) is 29.2 Å². The molecule has 1 aliphatic rings. The average Bonchev–Trinajstić information content (AvgIpc) is 2.47. The molecule has 1 aromatic rings. The van der Waals surface area contributed by atoms with Gasteiger partial charge in [-0.25, -0.2) is 8.42 Å². The van der Waals surface area contributed by atoms with Crippen LogP contribution in [0.5, 0.6) is 0 Å². The summed E-state index contributed by atoms with van der Waals surface area (Å²) in [5.41, 5.74) is 1.14. The predicted octanol–water partition coefficient (Wildman–Crippen LogP) is 1.28. The van der Waals surface area contributed by atoms with E-state index >= 15 is 0 Å². The van der Waals surface area contributed by atoms with E-state index < -0.39 is 10.0 Å². The molecule has 0 spiro atoms.